The zero-order valence-corrected chi connectivity index (χ0v) is 9.76. The quantitative estimate of drug-likeness (QED) is 0.859. The van der Waals surface area contributed by atoms with Gasteiger partial charge in [0.05, 0.1) is 11.9 Å². The molecule has 2 aromatic rings. The van der Waals surface area contributed by atoms with Gasteiger partial charge in [-0.15, -0.1) is 0 Å². The van der Waals surface area contributed by atoms with Crippen LogP contribution in [0.25, 0.3) is 11.3 Å². The summed E-state index contributed by atoms with van der Waals surface area (Å²) in [5.41, 5.74) is 8.33. The van der Waals surface area contributed by atoms with Crippen molar-refractivity contribution in [2.45, 2.75) is 13.5 Å². The van der Waals surface area contributed by atoms with Crippen LogP contribution in [0.15, 0.2) is 41.5 Å². The molecule has 2 rings (SSSR count). The number of nitrogens with zero attached hydrogens (tertiary/aromatic N) is 2. The zero-order chi connectivity index (χ0) is 12.3. The summed E-state index contributed by atoms with van der Waals surface area (Å²) in [5.74, 6) is 0. The van der Waals surface area contributed by atoms with Crippen LogP contribution in [0, 0.1) is 6.92 Å². The molecule has 1 heterocycles. The Bertz CT molecular complexity index is 558. The highest BCUT2D eigenvalue weighted by atomic mass is 16.1. The van der Waals surface area contributed by atoms with Crippen molar-refractivity contribution in [2.75, 3.05) is 6.54 Å². The minimum atomic E-state index is -0.119. The molecule has 0 saturated carbocycles. The Balaban J connectivity index is 2.42. The molecular formula is C13H15N3O. The molecule has 88 valence electrons. The van der Waals surface area contributed by atoms with E-state index in [0.29, 0.717) is 13.1 Å². The van der Waals surface area contributed by atoms with Crippen LogP contribution in [0.3, 0.4) is 0 Å². The molecule has 0 aliphatic carbocycles. The van der Waals surface area contributed by atoms with Crippen LogP contribution in [-0.2, 0) is 6.54 Å². The summed E-state index contributed by atoms with van der Waals surface area (Å²) >= 11 is 0. The van der Waals surface area contributed by atoms with E-state index in [9.17, 15) is 4.79 Å². The fourth-order valence-corrected chi connectivity index (χ4v) is 1.63. The number of nitrogens with two attached hydrogens (primary N) is 1. The molecule has 4 nitrogen and oxygen atoms in total. The molecular weight excluding hydrogens is 214 g/mol. The van der Waals surface area contributed by atoms with Crippen molar-refractivity contribution in [1.82, 2.24) is 9.55 Å². The average Bonchev–Trinajstić information content (AvgIpc) is 2.33. The molecule has 0 bridgehead atoms. The molecule has 4 heteroatoms. The lowest BCUT2D eigenvalue weighted by Crippen LogP contribution is -2.23. The summed E-state index contributed by atoms with van der Waals surface area (Å²) in [6, 6.07) is 8.04. The maximum absolute atomic E-state index is 11.5. The van der Waals surface area contributed by atoms with Gasteiger partial charge >= 0.3 is 0 Å². The van der Waals surface area contributed by atoms with Crippen LogP contribution >= 0.6 is 0 Å². The second kappa shape index (κ2) is 4.93. The minimum Gasteiger partial charge on any atom is -0.329 e. The van der Waals surface area contributed by atoms with Gasteiger partial charge in [-0.25, -0.2) is 4.98 Å². The molecule has 0 unspecified atom stereocenters. The molecule has 0 spiro atoms. The van der Waals surface area contributed by atoms with Crippen molar-refractivity contribution in [2.24, 2.45) is 5.73 Å². The predicted molar refractivity (Wildman–Crippen MR) is 67.7 cm³/mol. The van der Waals surface area contributed by atoms with E-state index < -0.39 is 0 Å². The lowest BCUT2D eigenvalue weighted by molar-refractivity contribution is 0.675. The van der Waals surface area contributed by atoms with Crippen molar-refractivity contribution in [3.8, 4) is 11.3 Å². The van der Waals surface area contributed by atoms with Gasteiger partial charge < -0.3 is 10.3 Å². The van der Waals surface area contributed by atoms with Crippen molar-refractivity contribution < 1.29 is 0 Å². The largest absolute Gasteiger partial charge is 0.329 e. The summed E-state index contributed by atoms with van der Waals surface area (Å²) in [7, 11) is 0. The molecule has 2 N–H and O–H groups in total. The van der Waals surface area contributed by atoms with Crippen molar-refractivity contribution in [3.63, 3.8) is 0 Å². The number of rotatable bonds is 3. The molecule has 17 heavy (non-hydrogen) atoms. The standard InChI is InChI=1S/C13H15N3O/c1-10-2-4-11(5-3-10)12-9-16(7-6-14)13(17)8-15-12/h2-5,8-9H,6-7,14H2,1H3. The van der Waals surface area contributed by atoms with Crippen molar-refractivity contribution >= 4 is 0 Å². The Hall–Kier alpha value is -1.94. The monoisotopic (exact) mass is 229 g/mol. The summed E-state index contributed by atoms with van der Waals surface area (Å²) < 4.78 is 1.59. The van der Waals surface area contributed by atoms with Crippen LogP contribution < -0.4 is 11.3 Å². The van der Waals surface area contributed by atoms with E-state index >= 15 is 0 Å². The van der Waals surface area contributed by atoms with Gasteiger partial charge in [-0.1, -0.05) is 29.8 Å². The number of hydrogen-bond donors (Lipinski definition) is 1. The van der Waals surface area contributed by atoms with E-state index in [1.165, 1.54) is 11.8 Å². The fourth-order valence-electron chi connectivity index (χ4n) is 1.63. The second-order valence-corrected chi connectivity index (χ2v) is 3.96. The highest BCUT2D eigenvalue weighted by molar-refractivity contribution is 5.58. The average molecular weight is 229 g/mol. The molecule has 0 aliphatic heterocycles. The highest BCUT2D eigenvalue weighted by Crippen LogP contribution is 2.15. The van der Waals surface area contributed by atoms with Crippen molar-refractivity contribution in [1.29, 1.82) is 0 Å². The molecule has 0 radical (unpaired) electrons. The zero-order valence-electron chi connectivity index (χ0n) is 9.76. The van der Waals surface area contributed by atoms with Gasteiger partial charge in [-0.05, 0) is 6.92 Å². The van der Waals surface area contributed by atoms with Crippen molar-refractivity contribution in [3.05, 3.63) is 52.6 Å². The van der Waals surface area contributed by atoms with E-state index in [4.69, 9.17) is 5.73 Å². The third kappa shape index (κ3) is 2.60. The summed E-state index contributed by atoms with van der Waals surface area (Å²) in [5, 5.41) is 0. The summed E-state index contributed by atoms with van der Waals surface area (Å²) in [4.78, 5) is 15.6. The first-order valence-electron chi connectivity index (χ1n) is 5.54. The van der Waals surface area contributed by atoms with Gasteiger partial charge in [-0.2, -0.15) is 0 Å². The van der Waals surface area contributed by atoms with Gasteiger partial charge in [-0.3, -0.25) is 4.79 Å². The van der Waals surface area contributed by atoms with Gasteiger partial charge in [0, 0.05) is 24.8 Å². The Labute approximate surface area is 99.7 Å². The smallest absolute Gasteiger partial charge is 0.269 e. The van der Waals surface area contributed by atoms with Crippen LogP contribution in [-0.4, -0.2) is 16.1 Å². The van der Waals surface area contributed by atoms with Gasteiger partial charge in [0.25, 0.3) is 5.56 Å². The Kier molecular flexibility index (Phi) is 3.35. The first kappa shape index (κ1) is 11.5. The Morgan fingerprint density at radius 1 is 1.29 bits per heavy atom. The van der Waals surface area contributed by atoms with Crippen LogP contribution in [0.1, 0.15) is 5.56 Å². The van der Waals surface area contributed by atoms with Gasteiger partial charge in [0.15, 0.2) is 0 Å². The first-order chi connectivity index (χ1) is 8.20. The first-order valence-corrected chi connectivity index (χ1v) is 5.54. The third-order valence-electron chi connectivity index (χ3n) is 2.59. The van der Waals surface area contributed by atoms with E-state index in [0.717, 1.165) is 11.3 Å². The second-order valence-electron chi connectivity index (χ2n) is 3.96. The van der Waals surface area contributed by atoms with E-state index in [1.807, 2.05) is 31.2 Å². The lowest BCUT2D eigenvalue weighted by Gasteiger charge is -2.06. The molecule has 0 fully saturated rings. The third-order valence-corrected chi connectivity index (χ3v) is 2.59. The van der Waals surface area contributed by atoms with Crippen LogP contribution in [0.5, 0.6) is 0 Å². The van der Waals surface area contributed by atoms with E-state index in [-0.39, 0.29) is 5.56 Å². The molecule has 1 aromatic heterocycles. The topological polar surface area (TPSA) is 60.9 Å². The molecule has 1 aromatic carbocycles. The fraction of sp³-hybridized carbons (Fsp3) is 0.231. The van der Waals surface area contributed by atoms with Gasteiger partial charge in [0.2, 0.25) is 0 Å². The number of aryl methyl sites for hydroxylation is 1. The number of hydrogen-bond acceptors (Lipinski definition) is 3. The number of benzene rings is 1. The molecule has 0 saturated heterocycles. The highest BCUT2D eigenvalue weighted by Gasteiger charge is 2.02. The molecule has 0 aliphatic rings. The van der Waals surface area contributed by atoms with Gasteiger partial charge in [0.1, 0.15) is 0 Å². The Morgan fingerprint density at radius 3 is 2.65 bits per heavy atom. The maximum atomic E-state index is 11.5. The lowest BCUT2D eigenvalue weighted by atomic mass is 10.1. The minimum absolute atomic E-state index is 0.119. The Morgan fingerprint density at radius 2 is 2.00 bits per heavy atom. The SMILES string of the molecule is Cc1ccc(-c2cn(CCN)c(=O)cn2)cc1. The van der Waals surface area contributed by atoms with Crippen LogP contribution in [0.4, 0.5) is 0 Å². The predicted octanol–water partition coefficient (Wildman–Crippen LogP) is 1.18. The molecule has 0 atom stereocenters. The molecule has 0 amide bonds. The maximum Gasteiger partial charge on any atom is 0.269 e. The summed E-state index contributed by atoms with van der Waals surface area (Å²) in [6.45, 7) is 2.99. The summed E-state index contributed by atoms with van der Waals surface area (Å²) in [6.07, 6.45) is 3.09. The normalized spacial score (nSPS) is 10.5. The van der Waals surface area contributed by atoms with E-state index in [2.05, 4.69) is 4.98 Å². The van der Waals surface area contributed by atoms with Crippen LogP contribution in [0.2, 0.25) is 0 Å². The number of aromatic nitrogens is 2. The van der Waals surface area contributed by atoms with E-state index in [1.54, 1.807) is 10.8 Å².